The lowest BCUT2D eigenvalue weighted by molar-refractivity contribution is -0.117. The van der Waals surface area contributed by atoms with Gasteiger partial charge >= 0.3 is 0 Å². The Morgan fingerprint density at radius 2 is 1.53 bits per heavy atom. The second-order valence-electron chi connectivity index (χ2n) is 7.40. The number of allylic oxidation sites excluding steroid dienone is 2. The molecule has 0 fully saturated rings. The molecule has 1 amide bonds. The molecule has 0 bridgehead atoms. The van der Waals surface area contributed by atoms with Crippen LogP contribution in [0.4, 0.5) is 5.69 Å². The average molecular weight is 426 g/mol. The molecule has 0 aromatic heterocycles. The highest BCUT2D eigenvalue weighted by molar-refractivity contribution is 6.24. The van der Waals surface area contributed by atoms with E-state index in [2.05, 4.69) is 10.6 Å². The summed E-state index contributed by atoms with van der Waals surface area (Å²) in [5, 5.41) is 5.89. The van der Waals surface area contributed by atoms with Crippen molar-refractivity contribution in [2.45, 2.75) is 12.5 Å². The highest BCUT2D eigenvalue weighted by Crippen LogP contribution is 2.21. The van der Waals surface area contributed by atoms with E-state index in [0.717, 1.165) is 5.56 Å². The van der Waals surface area contributed by atoms with E-state index in [1.165, 1.54) is 6.08 Å². The number of carbonyl (C=O) groups is 3. The first-order valence-electron chi connectivity index (χ1n) is 10.2. The maximum Gasteiger partial charge on any atom is 0.247 e. The molecule has 4 rings (SSSR count). The molecule has 2 N–H and O–H groups in total. The lowest BCUT2D eigenvalue weighted by atomic mass is 9.92. The first-order chi connectivity index (χ1) is 15.5. The zero-order valence-electron chi connectivity index (χ0n) is 17.5. The molecule has 0 unspecified atom stereocenters. The molecule has 6 heteroatoms. The maximum atomic E-state index is 13.2. The highest BCUT2D eigenvalue weighted by Gasteiger charge is 2.29. The van der Waals surface area contributed by atoms with Crippen LogP contribution in [0.2, 0.25) is 0 Å². The van der Waals surface area contributed by atoms with Crippen LogP contribution in [-0.4, -0.2) is 30.6 Å². The molecule has 3 aromatic rings. The molecule has 0 aliphatic heterocycles. The normalized spacial score (nSPS) is 13.6. The number of ether oxygens (including phenoxy) is 1. The molecule has 0 heterocycles. The Balaban J connectivity index is 1.58. The van der Waals surface area contributed by atoms with E-state index in [1.807, 2.05) is 30.3 Å². The molecule has 6 nitrogen and oxygen atoms in total. The van der Waals surface area contributed by atoms with Crippen LogP contribution in [0.15, 0.2) is 90.6 Å². The van der Waals surface area contributed by atoms with Crippen molar-refractivity contribution in [3.63, 3.8) is 0 Å². The summed E-state index contributed by atoms with van der Waals surface area (Å²) in [6.07, 6.45) is 1.60. The Morgan fingerprint density at radius 3 is 2.22 bits per heavy atom. The molecular formula is C26H22N2O4. The number of Topliss-reactive ketones (excluding diaryl/α,β-unsaturated/α-hetero) is 1. The number of ketones is 2. The van der Waals surface area contributed by atoms with Gasteiger partial charge in [0.2, 0.25) is 11.7 Å². The first-order valence-corrected chi connectivity index (χ1v) is 10.2. The Kier molecular flexibility index (Phi) is 6.12. The standard InChI is InChI=1S/C26H22N2O4/c1-32-19-13-11-18(12-14-19)27-26(31)23(15-17-7-3-2-4-8-17)28-22-16-24(29)20-9-5-6-10-21(20)25(22)30/h2-14,16,23,28H,15H2,1H3,(H,27,31)/t23-/m1/s1. The van der Waals surface area contributed by atoms with Crippen LogP contribution in [0.25, 0.3) is 0 Å². The fraction of sp³-hybridized carbons (Fsp3) is 0.115. The van der Waals surface area contributed by atoms with Gasteiger partial charge in [-0.1, -0.05) is 54.6 Å². The number of benzene rings is 3. The van der Waals surface area contributed by atoms with E-state index in [4.69, 9.17) is 4.74 Å². The second-order valence-corrected chi connectivity index (χ2v) is 7.40. The molecule has 1 aliphatic rings. The van der Waals surface area contributed by atoms with Gasteiger partial charge in [-0.25, -0.2) is 0 Å². The van der Waals surface area contributed by atoms with Crippen molar-refractivity contribution in [3.05, 3.63) is 107 Å². The number of nitrogens with one attached hydrogen (secondary N) is 2. The van der Waals surface area contributed by atoms with Crippen molar-refractivity contribution in [2.24, 2.45) is 0 Å². The maximum absolute atomic E-state index is 13.2. The topological polar surface area (TPSA) is 84.5 Å². The van der Waals surface area contributed by atoms with Gasteiger partial charge in [-0.3, -0.25) is 14.4 Å². The lowest BCUT2D eigenvalue weighted by Crippen LogP contribution is -2.44. The number of anilines is 1. The molecule has 0 saturated carbocycles. The van der Waals surface area contributed by atoms with Gasteiger partial charge in [0.05, 0.1) is 12.8 Å². The van der Waals surface area contributed by atoms with Crippen molar-refractivity contribution < 1.29 is 19.1 Å². The van der Waals surface area contributed by atoms with Crippen LogP contribution in [0, 0.1) is 0 Å². The predicted octanol–water partition coefficient (Wildman–Crippen LogP) is 3.80. The van der Waals surface area contributed by atoms with E-state index in [-0.39, 0.29) is 23.2 Å². The van der Waals surface area contributed by atoms with E-state index < -0.39 is 6.04 Å². The van der Waals surface area contributed by atoms with Crippen LogP contribution in [-0.2, 0) is 11.2 Å². The minimum Gasteiger partial charge on any atom is -0.497 e. The Labute approximate surface area is 185 Å². The van der Waals surface area contributed by atoms with Crippen LogP contribution in [0.3, 0.4) is 0 Å². The number of hydrogen-bond donors (Lipinski definition) is 2. The number of fused-ring (bicyclic) bond motifs is 1. The molecule has 0 saturated heterocycles. The Morgan fingerprint density at radius 1 is 0.875 bits per heavy atom. The zero-order chi connectivity index (χ0) is 22.5. The SMILES string of the molecule is COc1ccc(NC(=O)[C@@H](Cc2ccccc2)NC2=CC(=O)c3ccccc3C2=O)cc1. The molecule has 160 valence electrons. The third kappa shape index (κ3) is 4.59. The fourth-order valence-electron chi connectivity index (χ4n) is 3.57. The molecular weight excluding hydrogens is 404 g/mol. The smallest absolute Gasteiger partial charge is 0.247 e. The summed E-state index contributed by atoms with van der Waals surface area (Å²) >= 11 is 0. The Hall–Kier alpha value is -4.19. The number of methoxy groups -OCH3 is 1. The lowest BCUT2D eigenvalue weighted by Gasteiger charge is -2.23. The summed E-state index contributed by atoms with van der Waals surface area (Å²) < 4.78 is 5.15. The number of hydrogen-bond acceptors (Lipinski definition) is 5. The van der Waals surface area contributed by atoms with Crippen molar-refractivity contribution in [2.75, 3.05) is 12.4 Å². The molecule has 1 atom stereocenters. The summed E-state index contributed by atoms with van der Waals surface area (Å²) in [4.78, 5) is 38.6. The molecule has 1 aliphatic carbocycles. The number of carbonyl (C=O) groups excluding carboxylic acids is 3. The summed E-state index contributed by atoms with van der Waals surface area (Å²) in [6, 6.07) is 22.4. The van der Waals surface area contributed by atoms with E-state index in [1.54, 1.807) is 55.6 Å². The van der Waals surface area contributed by atoms with Crippen molar-refractivity contribution >= 4 is 23.2 Å². The van der Waals surface area contributed by atoms with E-state index in [9.17, 15) is 14.4 Å². The highest BCUT2D eigenvalue weighted by atomic mass is 16.5. The number of amides is 1. The van der Waals surface area contributed by atoms with Crippen LogP contribution in [0.5, 0.6) is 5.75 Å². The zero-order valence-corrected chi connectivity index (χ0v) is 17.5. The second kappa shape index (κ2) is 9.31. The third-order valence-electron chi connectivity index (χ3n) is 5.24. The van der Waals surface area contributed by atoms with Gasteiger partial charge in [-0.15, -0.1) is 0 Å². The van der Waals surface area contributed by atoms with Crippen LogP contribution < -0.4 is 15.4 Å². The number of rotatable bonds is 7. The molecule has 32 heavy (non-hydrogen) atoms. The van der Waals surface area contributed by atoms with Crippen molar-refractivity contribution in [1.29, 1.82) is 0 Å². The molecule has 0 spiro atoms. The van der Waals surface area contributed by atoms with Crippen molar-refractivity contribution in [3.8, 4) is 5.75 Å². The fourth-order valence-corrected chi connectivity index (χ4v) is 3.57. The van der Waals surface area contributed by atoms with Gasteiger partial charge in [0.15, 0.2) is 5.78 Å². The average Bonchev–Trinajstić information content (AvgIpc) is 2.83. The van der Waals surface area contributed by atoms with E-state index in [0.29, 0.717) is 29.0 Å². The quantitative estimate of drug-likeness (QED) is 0.600. The van der Waals surface area contributed by atoms with Gasteiger partial charge in [0, 0.05) is 29.3 Å². The van der Waals surface area contributed by atoms with Gasteiger partial charge in [0.25, 0.3) is 0 Å². The van der Waals surface area contributed by atoms with Crippen LogP contribution in [0.1, 0.15) is 26.3 Å². The summed E-state index contributed by atoms with van der Waals surface area (Å²) in [5.41, 5.74) is 2.33. The monoisotopic (exact) mass is 426 g/mol. The third-order valence-corrected chi connectivity index (χ3v) is 5.24. The van der Waals surface area contributed by atoms with Crippen molar-refractivity contribution in [1.82, 2.24) is 5.32 Å². The van der Waals surface area contributed by atoms with Gasteiger partial charge in [0.1, 0.15) is 11.8 Å². The molecule has 0 radical (unpaired) electrons. The summed E-state index contributed by atoms with van der Waals surface area (Å²) in [5.74, 6) is -0.219. The predicted molar refractivity (Wildman–Crippen MR) is 122 cm³/mol. The van der Waals surface area contributed by atoms with Gasteiger partial charge < -0.3 is 15.4 Å². The van der Waals surface area contributed by atoms with Gasteiger partial charge in [-0.2, -0.15) is 0 Å². The Bertz CT molecular complexity index is 1180. The van der Waals surface area contributed by atoms with E-state index >= 15 is 0 Å². The van der Waals surface area contributed by atoms with Gasteiger partial charge in [-0.05, 0) is 29.8 Å². The largest absolute Gasteiger partial charge is 0.497 e. The summed E-state index contributed by atoms with van der Waals surface area (Å²) in [7, 11) is 1.57. The summed E-state index contributed by atoms with van der Waals surface area (Å²) in [6.45, 7) is 0. The first kappa shape index (κ1) is 21.1. The molecule has 3 aromatic carbocycles. The minimum absolute atomic E-state index is 0.111. The minimum atomic E-state index is -0.771. The van der Waals surface area contributed by atoms with Crippen LogP contribution >= 0.6 is 0 Å².